The molecule has 2 N–H and O–H groups in total. The molecule has 3 aromatic rings. The van der Waals surface area contributed by atoms with Gasteiger partial charge >= 0.3 is 0 Å². The lowest BCUT2D eigenvalue weighted by atomic mass is 9.95. The van der Waals surface area contributed by atoms with E-state index >= 15 is 0 Å². The molecule has 1 aliphatic rings. The van der Waals surface area contributed by atoms with E-state index in [9.17, 15) is 9.59 Å². The highest BCUT2D eigenvalue weighted by Crippen LogP contribution is 2.38. The number of carbonyl (C=O) groups excluding carboxylic acids is 2. The summed E-state index contributed by atoms with van der Waals surface area (Å²) < 4.78 is 0. The van der Waals surface area contributed by atoms with Gasteiger partial charge < -0.3 is 10.6 Å². The number of aryl methyl sites for hydroxylation is 2. The van der Waals surface area contributed by atoms with Crippen molar-refractivity contribution in [1.29, 1.82) is 0 Å². The van der Waals surface area contributed by atoms with E-state index in [0.29, 0.717) is 17.1 Å². The second-order valence-electron chi connectivity index (χ2n) is 7.08. The van der Waals surface area contributed by atoms with Crippen LogP contribution in [0.3, 0.4) is 0 Å². The monoisotopic (exact) mass is 406 g/mol. The highest BCUT2D eigenvalue weighted by Gasteiger charge is 2.26. The van der Waals surface area contributed by atoms with Crippen molar-refractivity contribution in [3.8, 4) is 0 Å². The van der Waals surface area contributed by atoms with Gasteiger partial charge in [0.2, 0.25) is 0 Å². The molecule has 0 saturated carbocycles. The van der Waals surface area contributed by atoms with Crippen LogP contribution in [0.1, 0.15) is 55.4 Å². The number of hydrogen-bond acceptors (Lipinski definition) is 5. The summed E-state index contributed by atoms with van der Waals surface area (Å²) in [6.07, 6.45) is 6.98. The van der Waals surface area contributed by atoms with Crippen molar-refractivity contribution in [2.75, 3.05) is 5.32 Å². The maximum absolute atomic E-state index is 13.1. The second-order valence-corrected chi connectivity index (χ2v) is 8.19. The van der Waals surface area contributed by atoms with Gasteiger partial charge in [0.05, 0.1) is 17.5 Å². The molecule has 1 aromatic carbocycles. The van der Waals surface area contributed by atoms with E-state index in [4.69, 9.17) is 0 Å². The smallest absolute Gasteiger partial charge is 0.276 e. The van der Waals surface area contributed by atoms with E-state index in [-0.39, 0.29) is 17.5 Å². The van der Waals surface area contributed by atoms with Crippen LogP contribution in [0, 0.1) is 6.92 Å². The maximum Gasteiger partial charge on any atom is 0.276 e. The third-order valence-corrected chi connectivity index (χ3v) is 6.14. The standard InChI is InChI=1S/C22H22N4O2S/c1-14-11-24-17(13-23-14)20(27)26-22-19(16-9-5-6-10-18(16)29-22)21(28)25-12-15-7-3-2-4-8-15/h2-4,7-8,11,13H,5-6,9-10,12H2,1H3,(H,25,28)(H,26,27). The number of amides is 2. The van der Waals surface area contributed by atoms with Crippen LogP contribution < -0.4 is 10.6 Å². The number of rotatable bonds is 5. The lowest BCUT2D eigenvalue weighted by Gasteiger charge is -2.13. The Bertz CT molecular complexity index is 1030. The molecule has 2 amide bonds. The van der Waals surface area contributed by atoms with E-state index in [1.807, 2.05) is 37.3 Å². The molecule has 0 unspecified atom stereocenters. The topological polar surface area (TPSA) is 84.0 Å². The zero-order valence-electron chi connectivity index (χ0n) is 16.2. The van der Waals surface area contributed by atoms with E-state index in [1.54, 1.807) is 6.20 Å². The summed E-state index contributed by atoms with van der Waals surface area (Å²) in [4.78, 5) is 35.2. The number of carbonyl (C=O) groups is 2. The Labute approximate surface area is 173 Å². The average molecular weight is 407 g/mol. The van der Waals surface area contributed by atoms with E-state index in [0.717, 1.165) is 42.5 Å². The molecule has 0 bridgehead atoms. The van der Waals surface area contributed by atoms with Gasteiger partial charge in [-0.2, -0.15) is 0 Å². The van der Waals surface area contributed by atoms with Gasteiger partial charge in [0.25, 0.3) is 11.8 Å². The van der Waals surface area contributed by atoms with Crippen LogP contribution in [0.4, 0.5) is 5.00 Å². The fourth-order valence-electron chi connectivity index (χ4n) is 3.44. The van der Waals surface area contributed by atoms with Crippen molar-refractivity contribution in [2.45, 2.75) is 39.2 Å². The number of nitrogens with zero attached hydrogens (tertiary/aromatic N) is 2. The molecular weight excluding hydrogens is 384 g/mol. The lowest BCUT2D eigenvalue weighted by molar-refractivity contribution is 0.0951. The normalized spacial score (nSPS) is 12.9. The first-order valence-electron chi connectivity index (χ1n) is 9.68. The molecule has 2 aromatic heterocycles. The molecule has 1 aliphatic carbocycles. The number of fused-ring (bicyclic) bond motifs is 1. The molecule has 7 heteroatoms. The van der Waals surface area contributed by atoms with Crippen molar-refractivity contribution in [2.24, 2.45) is 0 Å². The minimum Gasteiger partial charge on any atom is -0.348 e. The lowest BCUT2D eigenvalue weighted by Crippen LogP contribution is -2.25. The molecule has 0 atom stereocenters. The summed E-state index contributed by atoms with van der Waals surface area (Å²) >= 11 is 1.50. The summed E-state index contributed by atoms with van der Waals surface area (Å²) in [5, 5.41) is 6.49. The average Bonchev–Trinajstić information content (AvgIpc) is 3.11. The fraction of sp³-hybridized carbons (Fsp3) is 0.273. The number of thiophene rings is 1. The Balaban J connectivity index is 1.58. The zero-order chi connectivity index (χ0) is 20.2. The van der Waals surface area contributed by atoms with Crippen LogP contribution in [-0.2, 0) is 19.4 Å². The summed E-state index contributed by atoms with van der Waals surface area (Å²) in [6, 6.07) is 9.79. The minimum atomic E-state index is -0.354. The predicted octanol–water partition coefficient (Wildman–Crippen LogP) is 3.91. The fourth-order valence-corrected chi connectivity index (χ4v) is 4.72. The largest absolute Gasteiger partial charge is 0.348 e. The Morgan fingerprint density at radius 1 is 1.03 bits per heavy atom. The van der Waals surface area contributed by atoms with Gasteiger partial charge in [0.1, 0.15) is 10.7 Å². The van der Waals surface area contributed by atoms with Gasteiger partial charge in [-0.3, -0.25) is 14.6 Å². The van der Waals surface area contributed by atoms with Crippen molar-refractivity contribution < 1.29 is 9.59 Å². The zero-order valence-corrected chi connectivity index (χ0v) is 17.0. The first kappa shape index (κ1) is 19.3. The van der Waals surface area contributed by atoms with Crippen LogP contribution in [0.5, 0.6) is 0 Å². The van der Waals surface area contributed by atoms with Crippen LogP contribution in [0.25, 0.3) is 0 Å². The first-order chi connectivity index (χ1) is 14.1. The van der Waals surface area contributed by atoms with Crippen molar-refractivity contribution >= 4 is 28.2 Å². The molecule has 0 radical (unpaired) electrons. The van der Waals surface area contributed by atoms with E-state index in [2.05, 4.69) is 20.6 Å². The number of anilines is 1. The van der Waals surface area contributed by atoms with Gasteiger partial charge in [-0.15, -0.1) is 11.3 Å². The summed E-state index contributed by atoms with van der Waals surface area (Å²) in [5.74, 6) is -0.508. The number of benzene rings is 1. The van der Waals surface area contributed by atoms with Crippen LogP contribution in [0.15, 0.2) is 42.7 Å². The van der Waals surface area contributed by atoms with Gasteiger partial charge in [0, 0.05) is 17.6 Å². The predicted molar refractivity (Wildman–Crippen MR) is 113 cm³/mol. The van der Waals surface area contributed by atoms with Gasteiger partial charge in [0.15, 0.2) is 0 Å². The molecule has 29 heavy (non-hydrogen) atoms. The first-order valence-corrected chi connectivity index (χ1v) is 10.5. The van der Waals surface area contributed by atoms with Crippen LogP contribution in [-0.4, -0.2) is 21.8 Å². The Morgan fingerprint density at radius 2 is 1.83 bits per heavy atom. The van der Waals surface area contributed by atoms with Gasteiger partial charge in [-0.05, 0) is 43.7 Å². The minimum absolute atomic E-state index is 0.154. The maximum atomic E-state index is 13.1. The molecule has 4 rings (SSSR count). The Hall–Kier alpha value is -3.06. The summed E-state index contributed by atoms with van der Waals surface area (Å²) in [7, 11) is 0. The Morgan fingerprint density at radius 3 is 2.59 bits per heavy atom. The summed E-state index contributed by atoms with van der Waals surface area (Å²) in [5.41, 5.74) is 3.67. The van der Waals surface area contributed by atoms with Gasteiger partial charge in [-0.1, -0.05) is 30.3 Å². The molecule has 0 saturated heterocycles. The highest BCUT2D eigenvalue weighted by molar-refractivity contribution is 7.17. The number of nitrogens with one attached hydrogen (secondary N) is 2. The number of aromatic nitrogens is 2. The third-order valence-electron chi connectivity index (χ3n) is 4.93. The molecule has 0 fully saturated rings. The number of hydrogen-bond donors (Lipinski definition) is 2. The molecule has 148 valence electrons. The Kier molecular flexibility index (Phi) is 5.67. The van der Waals surface area contributed by atoms with Gasteiger partial charge in [-0.25, -0.2) is 4.98 Å². The second kappa shape index (κ2) is 8.53. The van der Waals surface area contributed by atoms with Crippen molar-refractivity contribution in [1.82, 2.24) is 15.3 Å². The van der Waals surface area contributed by atoms with Crippen molar-refractivity contribution in [3.63, 3.8) is 0 Å². The van der Waals surface area contributed by atoms with E-state index < -0.39 is 0 Å². The molecular formula is C22H22N4O2S. The van der Waals surface area contributed by atoms with Crippen LogP contribution in [0.2, 0.25) is 0 Å². The molecule has 6 nitrogen and oxygen atoms in total. The molecule has 2 heterocycles. The third kappa shape index (κ3) is 4.35. The van der Waals surface area contributed by atoms with Crippen LogP contribution >= 0.6 is 11.3 Å². The summed E-state index contributed by atoms with van der Waals surface area (Å²) in [6.45, 7) is 2.26. The van der Waals surface area contributed by atoms with Crippen molar-refractivity contribution in [3.05, 3.63) is 75.7 Å². The van der Waals surface area contributed by atoms with E-state index in [1.165, 1.54) is 22.4 Å². The molecule has 0 aliphatic heterocycles. The quantitative estimate of drug-likeness (QED) is 0.673. The molecule has 0 spiro atoms. The highest BCUT2D eigenvalue weighted by atomic mass is 32.1. The SMILES string of the molecule is Cc1cnc(C(=O)Nc2sc3c(c2C(=O)NCc2ccccc2)CCCC3)cn1.